The van der Waals surface area contributed by atoms with Gasteiger partial charge in [-0.2, -0.15) is 10.2 Å². The van der Waals surface area contributed by atoms with Crippen LogP contribution in [0.1, 0.15) is 5.82 Å². The summed E-state index contributed by atoms with van der Waals surface area (Å²) in [7, 11) is 1.80. The van der Waals surface area contributed by atoms with Crippen LogP contribution in [0.2, 0.25) is 0 Å². The summed E-state index contributed by atoms with van der Waals surface area (Å²) in [6.07, 6.45) is 3.09. The summed E-state index contributed by atoms with van der Waals surface area (Å²) >= 11 is 0. The van der Waals surface area contributed by atoms with Crippen molar-refractivity contribution in [2.75, 3.05) is 0 Å². The highest BCUT2D eigenvalue weighted by atomic mass is 19.1. The van der Waals surface area contributed by atoms with E-state index in [2.05, 4.69) is 25.4 Å². The molecule has 5 rings (SSSR count). The zero-order valence-electron chi connectivity index (χ0n) is 16.0. The maximum Gasteiger partial charge on any atom is 0.242 e. The summed E-state index contributed by atoms with van der Waals surface area (Å²) in [5.41, 5.74) is 2.95. The Morgan fingerprint density at radius 3 is 2.63 bits per heavy atom. The van der Waals surface area contributed by atoms with E-state index >= 15 is 0 Å². The van der Waals surface area contributed by atoms with Crippen LogP contribution in [0.5, 0.6) is 5.88 Å². The SMILES string of the molecule is Cn1ncnc1COc1nn2c(-c3cccc(F)c3)nncc2c1-c1ccccc1. The molecule has 0 fully saturated rings. The van der Waals surface area contributed by atoms with Crippen molar-refractivity contribution in [3.05, 3.63) is 78.8 Å². The number of benzene rings is 2. The van der Waals surface area contributed by atoms with E-state index in [9.17, 15) is 4.39 Å². The number of ether oxygens (including phenoxy) is 1. The van der Waals surface area contributed by atoms with Crippen LogP contribution >= 0.6 is 0 Å². The lowest BCUT2D eigenvalue weighted by Crippen LogP contribution is -2.05. The second-order valence-corrected chi connectivity index (χ2v) is 6.61. The van der Waals surface area contributed by atoms with Crippen LogP contribution in [0, 0.1) is 5.82 Å². The van der Waals surface area contributed by atoms with Crippen molar-refractivity contribution in [2.24, 2.45) is 7.05 Å². The molecule has 3 heterocycles. The van der Waals surface area contributed by atoms with Crippen LogP contribution < -0.4 is 4.74 Å². The monoisotopic (exact) mass is 401 g/mol. The Balaban J connectivity index is 1.68. The van der Waals surface area contributed by atoms with Crippen molar-refractivity contribution < 1.29 is 9.13 Å². The average Bonchev–Trinajstić information content (AvgIpc) is 3.35. The lowest BCUT2D eigenvalue weighted by Gasteiger charge is -2.05. The molecule has 30 heavy (non-hydrogen) atoms. The number of rotatable bonds is 5. The molecule has 0 aliphatic rings. The minimum atomic E-state index is -0.361. The Bertz CT molecular complexity index is 1330. The van der Waals surface area contributed by atoms with Crippen LogP contribution in [-0.4, -0.2) is 34.6 Å². The van der Waals surface area contributed by atoms with E-state index in [1.54, 1.807) is 34.6 Å². The summed E-state index contributed by atoms with van der Waals surface area (Å²) in [5.74, 6) is 1.11. The first-order valence-corrected chi connectivity index (χ1v) is 9.22. The standard InChI is InChI=1S/C21H16FN7O/c1-28-18(23-13-25-28)12-30-21-19(14-6-3-2-4-7-14)17-11-24-26-20(29(17)27-21)15-8-5-9-16(22)10-15/h2-11,13H,12H2,1H3. The summed E-state index contributed by atoms with van der Waals surface area (Å²) < 4.78 is 23.1. The lowest BCUT2D eigenvalue weighted by molar-refractivity contribution is 0.278. The van der Waals surface area contributed by atoms with E-state index in [1.165, 1.54) is 18.5 Å². The number of nitrogens with zero attached hydrogens (tertiary/aromatic N) is 7. The van der Waals surface area contributed by atoms with E-state index in [4.69, 9.17) is 4.74 Å². The van der Waals surface area contributed by atoms with Gasteiger partial charge in [0.15, 0.2) is 11.6 Å². The largest absolute Gasteiger partial charge is 0.468 e. The third-order valence-corrected chi connectivity index (χ3v) is 4.71. The van der Waals surface area contributed by atoms with Gasteiger partial charge in [-0.15, -0.1) is 10.2 Å². The van der Waals surface area contributed by atoms with Gasteiger partial charge in [-0.1, -0.05) is 42.5 Å². The van der Waals surface area contributed by atoms with Crippen molar-refractivity contribution in [1.29, 1.82) is 0 Å². The molecule has 0 atom stereocenters. The van der Waals surface area contributed by atoms with Gasteiger partial charge in [0.2, 0.25) is 5.88 Å². The maximum atomic E-state index is 13.8. The molecule has 0 aliphatic carbocycles. The molecular formula is C21H16FN7O. The first-order chi connectivity index (χ1) is 14.7. The Morgan fingerprint density at radius 1 is 1.03 bits per heavy atom. The van der Waals surface area contributed by atoms with Gasteiger partial charge >= 0.3 is 0 Å². The van der Waals surface area contributed by atoms with E-state index in [-0.39, 0.29) is 12.4 Å². The molecule has 9 heteroatoms. The molecule has 0 spiro atoms. The van der Waals surface area contributed by atoms with Gasteiger partial charge < -0.3 is 4.74 Å². The molecule has 0 N–H and O–H groups in total. The van der Waals surface area contributed by atoms with Crippen molar-refractivity contribution in [3.8, 4) is 28.4 Å². The second kappa shape index (κ2) is 7.36. The Hall–Kier alpha value is -4.14. The highest BCUT2D eigenvalue weighted by molar-refractivity contribution is 5.85. The molecule has 0 saturated carbocycles. The van der Waals surface area contributed by atoms with Gasteiger partial charge in [-0.3, -0.25) is 4.68 Å². The van der Waals surface area contributed by atoms with Crippen molar-refractivity contribution >= 4 is 5.52 Å². The Morgan fingerprint density at radius 2 is 1.87 bits per heavy atom. The second-order valence-electron chi connectivity index (χ2n) is 6.61. The van der Waals surface area contributed by atoms with Crippen LogP contribution in [-0.2, 0) is 13.7 Å². The van der Waals surface area contributed by atoms with Gasteiger partial charge in [-0.05, 0) is 17.7 Å². The van der Waals surface area contributed by atoms with Gasteiger partial charge in [0.1, 0.15) is 24.3 Å². The number of fused-ring (bicyclic) bond motifs is 1. The molecule has 5 aromatic rings. The fourth-order valence-electron chi connectivity index (χ4n) is 3.24. The number of halogens is 1. The zero-order valence-corrected chi connectivity index (χ0v) is 16.0. The number of aryl methyl sites for hydroxylation is 1. The predicted octanol–water partition coefficient (Wildman–Crippen LogP) is 3.30. The lowest BCUT2D eigenvalue weighted by atomic mass is 10.1. The van der Waals surface area contributed by atoms with E-state index in [1.807, 2.05) is 30.3 Å². The Kier molecular flexibility index (Phi) is 4.40. The summed E-state index contributed by atoms with van der Waals surface area (Å²) in [6, 6.07) is 15.9. The first kappa shape index (κ1) is 17.9. The van der Waals surface area contributed by atoms with Crippen LogP contribution in [0.15, 0.2) is 67.1 Å². The zero-order chi connectivity index (χ0) is 20.5. The molecule has 8 nitrogen and oxygen atoms in total. The van der Waals surface area contributed by atoms with Gasteiger partial charge in [0, 0.05) is 12.6 Å². The minimum absolute atomic E-state index is 0.191. The topological polar surface area (TPSA) is 83.0 Å². The van der Waals surface area contributed by atoms with Crippen molar-refractivity contribution in [2.45, 2.75) is 6.61 Å². The van der Waals surface area contributed by atoms with Crippen LogP contribution in [0.3, 0.4) is 0 Å². The van der Waals surface area contributed by atoms with E-state index in [0.717, 1.165) is 11.1 Å². The van der Waals surface area contributed by atoms with E-state index < -0.39 is 0 Å². The molecule has 2 aromatic carbocycles. The normalized spacial score (nSPS) is 11.1. The molecule has 0 aliphatic heterocycles. The van der Waals surface area contributed by atoms with Gasteiger partial charge in [0.25, 0.3) is 0 Å². The van der Waals surface area contributed by atoms with Gasteiger partial charge in [0.05, 0.1) is 11.8 Å². The molecule has 3 aromatic heterocycles. The van der Waals surface area contributed by atoms with Gasteiger partial charge in [-0.25, -0.2) is 13.9 Å². The van der Waals surface area contributed by atoms with Crippen LogP contribution in [0.4, 0.5) is 4.39 Å². The first-order valence-electron chi connectivity index (χ1n) is 9.22. The number of hydrogen-bond donors (Lipinski definition) is 0. The quantitative estimate of drug-likeness (QED) is 0.449. The third kappa shape index (κ3) is 3.16. The highest BCUT2D eigenvalue weighted by Gasteiger charge is 2.20. The smallest absolute Gasteiger partial charge is 0.242 e. The molecule has 0 saturated heterocycles. The minimum Gasteiger partial charge on any atom is -0.468 e. The maximum absolute atomic E-state index is 13.8. The molecule has 0 amide bonds. The summed E-state index contributed by atoms with van der Waals surface area (Å²) in [5, 5.41) is 17.0. The molecule has 148 valence electrons. The number of hydrogen-bond acceptors (Lipinski definition) is 6. The highest BCUT2D eigenvalue weighted by Crippen LogP contribution is 2.35. The van der Waals surface area contributed by atoms with Crippen LogP contribution in [0.25, 0.3) is 28.0 Å². The molecule has 0 unspecified atom stereocenters. The summed E-state index contributed by atoms with van der Waals surface area (Å²) in [6.45, 7) is 0.191. The fourth-order valence-corrected chi connectivity index (χ4v) is 3.24. The third-order valence-electron chi connectivity index (χ3n) is 4.71. The predicted molar refractivity (Wildman–Crippen MR) is 107 cm³/mol. The molecular weight excluding hydrogens is 385 g/mol. The number of aromatic nitrogens is 7. The molecule has 0 bridgehead atoms. The fraction of sp³-hybridized carbons (Fsp3) is 0.0952. The average molecular weight is 401 g/mol. The van der Waals surface area contributed by atoms with E-state index in [0.29, 0.717) is 28.6 Å². The van der Waals surface area contributed by atoms with Crippen molar-refractivity contribution in [3.63, 3.8) is 0 Å². The molecule has 0 radical (unpaired) electrons. The summed E-state index contributed by atoms with van der Waals surface area (Å²) in [4.78, 5) is 4.19. The Labute approximate surface area is 170 Å². The van der Waals surface area contributed by atoms with Crippen molar-refractivity contribution in [1.82, 2.24) is 34.6 Å².